The number of aliphatic hydroxyl groups excluding tert-OH is 1. The molecular formula is C18H18N3O4+. The molecule has 1 aliphatic heterocycles. The highest BCUT2D eigenvalue weighted by Crippen LogP contribution is 2.32. The number of nitrogens with one attached hydrogen (secondary N) is 2. The Morgan fingerprint density at radius 3 is 2.08 bits per heavy atom. The first kappa shape index (κ1) is 16.8. The smallest absolute Gasteiger partial charge is 0.328 e. The molecule has 3 rings (SSSR count). The van der Waals surface area contributed by atoms with Gasteiger partial charge in [-0.25, -0.2) is 9.36 Å². The number of barbiturate groups is 1. The van der Waals surface area contributed by atoms with E-state index in [1.54, 1.807) is 47.3 Å². The Labute approximate surface area is 144 Å². The molecule has 128 valence electrons. The molecule has 1 aromatic carbocycles. The van der Waals surface area contributed by atoms with Gasteiger partial charge in [-0.05, 0) is 5.56 Å². The molecule has 1 aliphatic rings. The second-order valence-electron chi connectivity index (χ2n) is 5.94. The molecule has 0 bridgehead atoms. The quantitative estimate of drug-likeness (QED) is 0.528. The van der Waals surface area contributed by atoms with Crippen molar-refractivity contribution in [2.45, 2.75) is 24.5 Å². The Morgan fingerprint density at radius 1 is 0.920 bits per heavy atom. The molecule has 7 nitrogen and oxygen atoms in total. The molecule has 2 aromatic rings. The van der Waals surface area contributed by atoms with E-state index in [0.717, 1.165) is 0 Å². The van der Waals surface area contributed by atoms with Gasteiger partial charge < -0.3 is 5.11 Å². The van der Waals surface area contributed by atoms with E-state index in [1.165, 1.54) is 0 Å². The minimum Gasteiger partial charge on any atom is -0.386 e. The zero-order valence-corrected chi connectivity index (χ0v) is 13.4. The fraction of sp³-hybridized carbons (Fsp3) is 0.222. The van der Waals surface area contributed by atoms with Crippen LogP contribution in [0.15, 0.2) is 60.9 Å². The molecule has 0 spiro atoms. The Balaban J connectivity index is 1.93. The number of rotatable bonds is 5. The lowest BCUT2D eigenvalue weighted by molar-refractivity contribution is -0.703. The van der Waals surface area contributed by atoms with E-state index in [1.807, 2.05) is 18.2 Å². The topological polar surface area (TPSA) is 99.4 Å². The maximum absolute atomic E-state index is 12.6. The SMILES string of the molecule is O=C1NC(=O)C(CC(O)C[n+]2ccccc2)(c2ccccc2)C(=O)N1. The number of amides is 4. The summed E-state index contributed by atoms with van der Waals surface area (Å²) in [4.78, 5) is 36.7. The van der Waals surface area contributed by atoms with Gasteiger partial charge in [-0.2, -0.15) is 0 Å². The van der Waals surface area contributed by atoms with Crippen LogP contribution in [0.1, 0.15) is 12.0 Å². The second-order valence-corrected chi connectivity index (χ2v) is 5.94. The third kappa shape index (κ3) is 3.27. The van der Waals surface area contributed by atoms with Crippen molar-refractivity contribution in [1.29, 1.82) is 0 Å². The van der Waals surface area contributed by atoms with E-state index in [2.05, 4.69) is 10.6 Å². The lowest BCUT2D eigenvalue weighted by atomic mass is 9.73. The molecule has 0 saturated carbocycles. The highest BCUT2D eigenvalue weighted by molar-refractivity contribution is 6.22. The zero-order valence-electron chi connectivity index (χ0n) is 13.4. The fourth-order valence-corrected chi connectivity index (χ4v) is 3.06. The fourth-order valence-electron chi connectivity index (χ4n) is 3.06. The molecule has 0 aliphatic carbocycles. The predicted molar refractivity (Wildman–Crippen MR) is 87.1 cm³/mol. The standard InChI is InChI=1S/C18H17N3O4/c22-14(12-21-9-5-2-6-10-21)11-18(13-7-3-1-4-8-13)15(23)19-17(25)20-16(18)24/h1-10,14,22H,11-12H2,(H-,19,20,23,24,25)/p+1. The van der Waals surface area contributed by atoms with E-state index < -0.39 is 29.4 Å². The highest BCUT2D eigenvalue weighted by atomic mass is 16.3. The first-order chi connectivity index (χ1) is 12.0. The molecule has 7 heteroatoms. The Bertz CT molecular complexity index is 772. The van der Waals surface area contributed by atoms with Crippen molar-refractivity contribution in [2.24, 2.45) is 0 Å². The lowest BCUT2D eigenvalue weighted by Gasteiger charge is -2.35. The van der Waals surface area contributed by atoms with Crippen LogP contribution in [0, 0.1) is 0 Å². The number of imide groups is 2. The van der Waals surface area contributed by atoms with E-state index >= 15 is 0 Å². The van der Waals surface area contributed by atoms with Crippen LogP contribution in [0.4, 0.5) is 4.79 Å². The van der Waals surface area contributed by atoms with E-state index in [4.69, 9.17) is 0 Å². The molecular weight excluding hydrogens is 322 g/mol. The Morgan fingerprint density at radius 2 is 1.48 bits per heavy atom. The number of carbonyl (C=O) groups is 3. The summed E-state index contributed by atoms with van der Waals surface area (Å²) in [6, 6.07) is 13.1. The number of aromatic nitrogens is 1. The first-order valence-corrected chi connectivity index (χ1v) is 7.87. The molecule has 1 fully saturated rings. The van der Waals surface area contributed by atoms with Gasteiger partial charge in [0.25, 0.3) is 0 Å². The van der Waals surface area contributed by atoms with Crippen molar-refractivity contribution in [3.05, 3.63) is 66.5 Å². The number of aliphatic hydroxyl groups is 1. The summed E-state index contributed by atoms with van der Waals surface area (Å²) in [5.41, 5.74) is -1.24. The van der Waals surface area contributed by atoms with Crippen molar-refractivity contribution in [3.8, 4) is 0 Å². The van der Waals surface area contributed by atoms with Gasteiger partial charge in [0.1, 0.15) is 6.10 Å². The second kappa shape index (κ2) is 6.82. The molecule has 3 N–H and O–H groups in total. The zero-order chi connectivity index (χ0) is 17.9. The maximum Gasteiger partial charge on any atom is 0.328 e. The van der Waals surface area contributed by atoms with Gasteiger partial charge in [0, 0.05) is 18.6 Å². The molecule has 1 saturated heterocycles. The number of hydrogen-bond acceptors (Lipinski definition) is 4. The number of urea groups is 1. The van der Waals surface area contributed by atoms with E-state index in [9.17, 15) is 19.5 Å². The summed E-state index contributed by atoms with van der Waals surface area (Å²) in [6.07, 6.45) is 2.44. The monoisotopic (exact) mass is 340 g/mol. The first-order valence-electron chi connectivity index (χ1n) is 7.87. The Hall–Kier alpha value is -3.06. The van der Waals surface area contributed by atoms with Crippen LogP contribution in [-0.4, -0.2) is 29.1 Å². The van der Waals surface area contributed by atoms with Gasteiger partial charge in [0.05, 0.1) is 0 Å². The largest absolute Gasteiger partial charge is 0.386 e. The minimum absolute atomic E-state index is 0.149. The van der Waals surface area contributed by atoms with Crippen molar-refractivity contribution >= 4 is 17.8 Å². The minimum atomic E-state index is -1.66. The normalized spacial score (nSPS) is 17.6. The average Bonchev–Trinajstić information content (AvgIpc) is 2.60. The number of hydrogen-bond donors (Lipinski definition) is 3. The van der Waals surface area contributed by atoms with Crippen LogP contribution in [0.2, 0.25) is 0 Å². The van der Waals surface area contributed by atoms with Crippen LogP contribution in [0.5, 0.6) is 0 Å². The van der Waals surface area contributed by atoms with Gasteiger partial charge >= 0.3 is 6.03 Å². The molecule has 1 atom stereocenters. The van der Waals surface area contributed by atoms with Crippen molar-refractivity contribution in [3.63, 3.8) is 0 Å². The van der Waals surface area contributed by atoms with E-state index in [-0.39, 0.29) is 13.0 Å². The van der Waals surface area contributed by atoms with Crippen LogP contribution in [0.25, 0.3) is 0 Å². The summed E-state index contributed by atoms with van der Waals surface area (Å²) in [6.45, 7) is 0.212. The molecule has 25 heavy (non-hydrogen) atoms. The number of benzene rings is 1. The summed E-state index contributed by atoms with van der Waals surface area (Å²) < 4.78 is 1.76. The molecule has 1 aromatic heterocycles. The van der Waals surface area contributed by atoms with Crippen LogP contribution >= 0.6 is 0 Å². The van der Waals surface area contributed by atoms with Gasteiger partial charge in [-0.3, -0.25) is 20.2 Å². The average molecular weight is 340 g/mol. The van der Waals surface area contributed by atoms with Gasteiger partial charge in [-0.15, -0.1) is 0 Å². The van der Waals surface area contributed by atoms with Gasteiger partial charge in [-0.1, -0.05) is 36.4 Å². The van der Waals surface area contributed by atoms with Crippen molar-refractivity contribution in [2.75, 3.05) is 0 Å². The summed E-state index contributed by atoms with van der Waals surface area (Å²) in [5.74, 6) is -1.46. The molecule has 1 unspecified atom stereocenters. The number of pyridine rings is 1. The van der Waals surface area contributed by atoms with Crippen LogP contribution in [0.3, 0.4) is 0 Å². The van der Waals surface area contributed by atoms with E-state index in [0.29, 0.717) is 5.56 Å². The lowest BCUT2D eigenvalue weighted by Crippen LogP contribution is -2.65. The number of nitrogens with zero attached hydrogens (tertiary/aromatic N) is 1. The predicted octanol–water partition coefficient (Wildman–Crippen LogP) is 0.0291. The van der Waals surface area contributed by atoms with Crippen LogP contribution < -0.4 is 15.2 Å². The third-order valence-electron chi connectivity index (χ3n) is 4.24. The summed E-state index contributed by atoms with van der Waals surface area (Å²) >= 11 is 0. The Kier molecular flexibility index (Phi) is 4.58. The molecule has 2 heterocycles. The van der Waals surface area contributed by atoms with Crippen molar-refractivity contribution in [1.82, 2.24) is 10.6 Å². The molecule has 0 radical (unpaired) electrons. The summed E-state index contributed by atoms with van der Waals surface area (Å²) in [5, 5.41) is 14.8. The van der Waals surface area contributed by atoms with Gasteiger partial charge in [0.2, 0.25) is 11.8 Å². The van der Waals surface area contributed by atoms with Gasteiger partial charge in [0.15, 0.2) is 24.4 Å². The third-order valence-corrected chi connectivity index (χ3v) is 4.24. The molecule has 4 amide bonds. The maximum atomic E-state index is 12.6. The highest BCUT2D eigenvalue weighted by Gasteiger charge is 2.53. The van der Waals surface area contributed by atoms with Crippen molar-refractivity contribution < 1.29 is 24.1 Å². The number of carbonyl (C=O) groups excluding carboxylic acids is 3. The summed E-state index contributed by atoms with van der Waals surface area (Å²) in [7, 11) is 0. The van der Waals surface area contributed by atoms with Crippen LogP contribution in [-0.2, 0) is 21.5 Å².